The Bertz CT molecular complexity index is 889. The highest BCUT2D eigenvalue weighted by molar-refractivity contribution is 5.88. The van der Waals surface area contributed by atoms with Crippen molar-refractivity contribution in [2.45, 2.75) is 59.2 Å². The number of carbonyl (C=O) groups is 2. The van der Waals surface area contributed by atoms with E-state index in [1.807, 2.05) is 83.1 Å². The minimum atomic E-state index is -0.612. The number of amides is 2. The second-order valence-corrected chi connectivity index (χ2v) is 8.64. The lowest BCUT2D eigenvalue weighted by Gasteiger charge is -2.33. The first-order valence-electron chi connectivity index (χ1n) is 10.6. The molecule has 0 spiro atoms. The number of carbonyl (C=O) groups excluding carboxylic acids is 2. The second-order valence-electron chi connectivity index (χ2n) is 8.64. The molecule has 0 saturated heterocycles. The molecule has 1 N–H and O–H groups in total. The fourth-order valence-corrected chi connectivity index (χ4v) is 3.27. The fraction of sp³-hybridized carbons (Fsp3) is 0.440. The van der Waals surface area contributed by atoms with Crippen LogP contribution in [0.25, 0.3) is 0 Å². The van der Waals surface area contributed by atoms with Gasteiger partial charge in [0.05, 0.1) is 7.11 Å². The number of rotatable bonds is 9. The molecule has 2 aromatic rings. The number of hydrogen-bond acceptors (Lipinski definition) is 4. The Hall–Kier alpha value is -3.02. The average Bonchev–Trinajstić information content (AvgIpc) is 2.70. The van der Waals surface area contributed by atoms with Crippen LogP contribution in [-0.2, 0) is 16.1 Å². The standard InChI is InChI=1S/C25H34N2O4/c1-7-22(24(29)26-25(3,4)5)27(16-19-11-9-12-20(15-19)30-6)23(28)17-31-21-13-8-10-18(2)14-21/h8-15,22H,7,16-17H2,1-6H3,(H,26,29). The smallest absolute Gasteiger partial charge is 0.261 e. The first kappa shape index (κ1) is 24.3. The molecule has 2 aromatic carbocycles. The zero-order chi connectivity index (χ0) is 23.0. The van der Waals surface area contributed by atoms with E-state index in [1.54, 1.807) is 12.0 Å². The third kappa shape index (κ3) is 7.63. The molecule has 168 valence electrons. The Morgan fingerprint density at radius 1 is 1.06 bits per heavy atom. The van der Waals surface area contributed by atoms with Crippen molar-refractivity contribution >= 4 is 11.8 Å². The summed E-state index contributed by atoms with van der Waals surface area (Å²) in [6, 6.07) is 14.4. The van der Waals surface area contributed by atoms with E-state index in [2.05, 4.69) is 5.32 Å². The largest absolute Gasteiger partial charge is 0.497 e. The summed E-state index contributed by atoms with van der Waals surface area (Å²) < 4.78 is 11.0. The van der Waals surface area contributed by atoms with Crippen molar-refractivity contribution in [3.05, 3.63) is 59.7 Å². The molecular weight excluding hydrogens is 392 g/mol. The lowest BCUT2D eigenvalue weighted by atomic mass is 10.1. The van der Waals surface area contributed by atoms with Gasteiger partial charge in [0.2, 0.25) is 5.91 Å². The molecule has 6 nitrogen and oxygen atoms in total. The molecule has 0 saturated carbocycles. The van der Waals surface area contributed by atoms with E-state index in [1.165, 1.54) is 0 Å². The number of ether oxygens (including phenoxy) is 2. The van der Waals surface area contributed by atoms with Gasteiger partial charge in [0.25, 0.3) is 5.91 Å². The molecule has 2 rings (SSSR count). The molecule has 0 bridgehead atoms. The van der Waals surface area contributed by atoms with Crippen LogP contribution in [0, 0.1) is 6.92 Å². The van der Waals surface area contributed by atoms with Gasteiger partial charge in [-0.3, -0.25) is 9.59 Å². The number of methoxy groups -OCH3 is 1. The minimum absolute atomic E-state index is 0.146. The summed E-state index contributed by atoms with van der Waals surface area (Å²) in [4.78, 5) is 27.8. The maximum atomic E-state index is 13.2. The predicted molar refractivity (Wildman–Crippen MR) is 122 cm³/mol. The molecule has 0 radical (unpaired) electrons. The van der Waals surface area contributed by atoms with Gasteiger partial charge in [-0.25, -0.2) is 0 Å². The first-order chi connectivity index (χ1) is 14.6. The van der Waals surface area contributed by atoms with Gasteiger partial charge >= 0.3 is 0 Å². The highest BCUT2D eigenvalue weighted by Crippen LogP contribution is 2.19. The van der Waals surface area contributed by atoms with Crippen molar-refractivity contribution in [3.8, 4) is 11.5 Å². The molecule has 0 fully saturated rings. The summed E-state index contributed by atoms with van der Waals surface area (Å²) in [5.74, 6) is 0.900. The van der Waals surface area contributed by atoms with Gasteiger partial charge in [0.1, 0.15) is 17.5 Å². The normalized spacial score (nSPS) is 12.1. The van der Waals surface area contributed by atoms with Crippen LogP contribution >= 0.6 is 0 Å². The van der Waals surface area contributed by atoms with Crippen molar-refractivity contribution in [1.29, 1.82) is 0 Å². The molecule has 0 aromatic heterocycles. The Kier molecular flexibility index (Phi) is 8.48. The molecular formula is C25H34N2O4. The van der Waals surface area contributed by atoms with Crippen molar-refractivity contribution in [1.82, 2.24) is 10.2 Å². The molecule has 31 heavy (non-hydrogen) atoms. The Labute approximate surface area is 185 Å². The number of hydrogen-bond donors (Lipinski definition) is 1. The topological polar surface area (TPSA) is 67.9 Å². The minimum Gasteiger partial charge on any atom is -0.497 e. The molecule has 6 heteroatoms. The van der Waals surface area contributed by atoms with E-state index < -0.39 is 11.6 Å². The number of aryl methyl sites for hydroxylation is 1. The SMILES string of the molecule is CCC(C(=O)NC(C)(C)C)N(Cc1cccc(OC)c1)C(=O)COc1cccc(C)c1. The Balaban J connectivity index is 2.26. The van der Waals surface area contributed by atoms with Gasteiger partial charge in [0.15, 0.2) is 6.61 Å². The van der Waals surface area contributed by atoms with Crippen LogP contribution < -0.4 is 14.8 Å². The highest BCUT2D eigenvalue weighted by Gasteiger charge is 2.31. The molecule has 0 aliphatic rings. The first-order valence-corrected chi connectivity index (χ1v) is 10.6. The van der Waals surface area contributed by atoms with E-state index in [0.29, 0.717) is 17.9 Å². The van der Waals surface area contributed by atoms with Crippen molar-refractivity contribution in [2.75, 3.05) is 13.7 Å². The van der Waals surface area contributed by atoms with E-state index in [0.717, 1.165) is 11.1 Å². The quantitative estimate of drug-likeness (QED) is 0.655. The Morgan fingerprint density at radius 2 is 1.74 bits per heavy atom. The zero-order valence-corrected chi connectivity index (χ0v) is 19.4. The van der Waals surface area contributed by atoms with E-state index in [9.17, 15) is 9.59 Å². The van der Waals surface area contributed by atoms with Crippen LogP contribution in [-0.4, -0.2) is 42.0 Å². The van der Waals surface area contributed by atoms with Crippen molar-refractivity contribution in [2.24, 2.45) is 0 Å². The van der Waals surface area contributed by atoms with Crippen LogP contribution in [0.4, 0.5) is 0 Å². The Morgan fingerprint density at radius 3 is 2.35 bits per heavy atom. The third-order valence-corrected chi connectivity index (χ3v) is 4.72. The maximum absolute atomic E-state index is 13.2. The van der Waals surface area contributed by atoms with Gasteiger partial charge < -0.3 is 19.7 Å². The van der Waals surface area contributed by atoms with Crippen molar-refractivity contribution in [3.63, 3.8) is 0 Å². The van der Waals surface area contributed by atoms with E-state index >= 15 is 0 Å². The van der Waals surface area contributed by atoms with Gasteiger partial charge in [-0.1, -0.05) is 31.2 Å². The molecule has 2 amide bonds. The van der Waals surface area contributed by atoms with Gasteiger partial charge in [-0.2, -0.15) is 0 Å². The highest BCUT2D eigenvalue weighted by atomic mass is 16.5. The number of nitrogens with zero attached hydrogens (tertiary/aromatic N) is 1. The summed E-state index contributed by atoms with van der Waals surface area (Å²) in [6.07, 6.45) is 0.488. The average molecular weight is 427 g/mol. The van der Waals surface area contributed by atoms with Crippen LogP contribution in [0.1, 0.15) is 45.2 Å². The van der Waals surface area contributed by atoms with Crippen LogP contribution in [0.3, 0.4) is 0 Å². The number of nitrogens with one attached hydrogen (secondary N) is 1. The third-order valence-electron chi connectivity index (χ3n) is 4.72. The molecule has 0 aliphatic carbocycles. The van der Waals surface area contributed by atoms with Gasteiger partial charge in [-0.05, 0) is 69.5 Å². The van der Waals surface area contributed by atoms with Crippen molar-refractivity contribution < 1.29 is 19.1 Å². The maximum Gasteiger partial charge on any atom is 0.261 e. The van der Waals surface area contributed by atoms with E-state index in [-0.39, 0.29) is 25.0 Å². The number of benzene rings is 2. The predicted octanol–water partition coefficient (Wildman–Crippen LogP) is 4.10. The fourth-order valence-electron chi connectivity index (χ4n) is 3.27. The summed E-state index contributed by atoms with van der Waals surface area (Å²) >= 11 is 0. The summed E-state index contributed by atoms with van der Waals surface area (Å²) in [5.41, 5.74) is 1.53. The monoisotopic (exact) mass is 426 g/mol. The summed E-state index contributed by atoms with van der Waals surface area (Å²) in [7, 11) is 1.60. The van der Waals surface area contributed by atoms with Gasteiger partial charge in [0, 0.05) is 12.1 Å². The summed E-state index contributed by atoms with van der Waals surface area (Å²) in [5, 5.41) is 3.00. The molecule has 1 atom stereocenters. The van der Waals surface area contributed by atoms with Crippen LogP contribution in [0.15, 0.2) is 48.5 Å². The van der Waals surface area contributed by atoms with E-state index in [4.69, 9.17) is 9.47 Å². The van der Waals surface area contributed by atoms with Crippen LogP contribution in [0.5, 0.6) is 11.5 Å². The second kappa shape index (κ2) is 10.8. The molecule has 1 unspecified atom stereocenters. The lowest BCUT2D eigenvalue weighted by Crippen LogP contribution is -2.54. The lowest BCUT2D eigenvalue weighted by molar-refractivity contribution is -0.143. The summed E-state index contributed by atoms with van der Waals surface area (Å²) in [6.45, 7) is 9.77. The van der Waals surface area contributed by atoms with Gasteiger partial charge in [-0.15, -0.1) is 0 Å². The molecule has 0 aliphatic heterocycles. The molecule has 0 heterocycles. The zero-order valence-electron chi connectivity index (χ0n) is 19.4. The van der Waals surface area contributed by atoms with Crippen LogP contribution in [0.2, 0.25) is 0 Å².